The summed E-state index contributed by atoms with van der Waals surface area (Å²) < 4.78 is 11.5. The molecule has 1 saturated carbocycles. The average molecular weight is 254 g/mol. The van der Waals surface area contributed by atoms with Crippen molar-refractivity contribution in [2.75, 3.05) is 14.2 Å². The van der Waals surface area contributed by atoms with Gasteiger partial charge in [-0.2, -0.15) is 0 Å². The third-order valence-corrected chi connectivity index (χ3v) is 8.37. The van der Waals surface area contributed by atoms with Crippen LogP contribution in [-0.2, 0) is 8.85 Å². The van der Waals surface area contributed by atoms with E-state index in [0.29, 0.717) is 0 Å². The molecule has 0 spiro atoms. The lowest BCUT2D eigenvalue weighted by Gasteiger charge is -2.27. The van der Waals surface area contributed by atoms with Crippen LogP contribution in [0, 0.1) is 5.92 Å². The fourth-order valence-electron chi connectivity index (χ4n) is 3.54. The molecular weight excluding hydrogens is 228 g/mol. The molecule has 2 aliphatic rings. The number of fused-ring (bicyclic) bond motifs is 2. The van der Waals surface area contributed by atoms with E-state index in [2.05, 4.69) is 6.92 Å². The predicted octanol–water partition coefficient (Wildman–Crippen LogP) is 4.02. The molecule has 2 bridgehead atoms. The molecule has 0 saturated heterocycles. The molecule has 3 heteroatoms. The Morgan fingerprint density at radius 2 is 1.94 bits per heavy atom. The standard InChI is InChI=1S/C14H26O2Si/c1-4-8-17(15-2,16-3)9-7-14-11-12-5-6-13(14)10-12/h12H,4-11H2,1-3H3. The van der Waals surface area contributed by atoms with Gasteiger partial charge in [-0.25, -0.2) is 0 Å². The highest BCUT2D eigenvalue weighted by Crippen LogP contribution is 2.46. The lowest BCUT2D eigenvalue weighted by Crippen LogP contribution is -2.39. The van der Waals surface area contributed by atoms with E-state index in [9.17, 15) is 0 Å². The summed E-state index contributed by atoms with van der Waals surface area (Å²) in [6.07, 6.45) is 8.01. The Bertz CT molecular complexity index is 295. The van der Waals surface area contributed by atoms with Gasteiger partial charge in [-0.1, -0.05) is 24.5 Å². The van der Waals surface area contributed by atoms with Crippen molar-refractivity contribution in [1.82, 2.24) is 0 Å². The second kappa shape index (κ2) is 5.68. The Kier molecular flexibility index (Phi) is 4.45. The van der Waals surface area contributed by atoms with Gasteiger partial charge in [0.1, 0.15) is 0 Å². The topological polar surface area (TPSA) is 18.5 Å². The van der Waals surface area contributed by atoms with E-state index >= 15 is 0 Å². The highest BCUT2D eigenvalue weighted by molar-refractivity contribution is 6.67. The monoisotopic (exact) mass is 254 g/mol. The zero-order chi connectivity index (χ0) is 12.3. The molecule has 0 aliphatic heterocycles. The van der Waals surface area contributed by atoms with Gasteiger partial charge in [0.15, 0.2) is 0 Å². The lowest BCUT2D eigenvalue weighted by molar-refractivity contribution is 0.240. The maximum absolute atomic E-state index is 5.76. The van der Waals surface area contributed by atoms with E-state index in [-0.39, 0.29) is 0 Å². The molecule has 0 heterocycles. The van der Waals surface area contributed by atoms with Gasteiger partial charge in [-0.3, -0.25) is 0 Å². The smallest absolute Gasteiger partial charge is 0.337 e. The van der Waals surface area contributed by atoms with Crippen molar-refractivity contribution in [3.63, 3.8) is 0 Å². The van der Waals surface area contributed by atoms with Crippen LogP contribution in [-0.4, -0.2) is 22.8 Å². The summed E-state index contributed by atoms with van der Waals surface area (Å²) in [5.41, 5.74) is 3.53. The minimum atomic E-state index is -1.87. The molecule has 1 atom stereocenters. The number of allylic oxidation sites excluding steroid dienone is 2. The first kappa shape index (κ1) is 13.3. The molecule has 2 rings (SSSR count). The summed E-state index contributed by atoms with van der Waals surface area (Å²) in [6, 6.07) is 2.28. The van der Waals surface area contributed by atoms with Crippen LogP contribution in [0.25, 0.3) is 0 Å². The first-order chi connectivity index (χ1) is 8.23. The molecule has 0 aromatic rings. The summed E-state index contributed by atoms with van der Waals surface area (Å²) in [4.78, 5) is 0. The van der Waals surface area contributed by atoms with Crippen LogP contribution in [0.4, 0.5) is 0 Å². The third-order valence-electron chi connectivity index (χ3n) is 4.61. The number of rotatable bonds is 7. The van der Waals surface area contributed by atoms with Crippen LogP contribution in [0.3, 0.4) is 0 Å². The Morgan fingerprint density at radius 3 is 2.41 bits per heavy atom. The molecule has 17 heavy (non-hydrogen) atoms. The van der Waals surface area contributed by atoms with E-state index < -0.39 is 8.56 Å². The molecule has 2 nitrogen and oxygen atoms in total. The Labute approximate surface area is 107 Å². The van der Waals surface area contributed by atoms with Crippen LogP contribution < -0.4 is 0 Å². The summed E-state index contributed by atoms with van der Waals surface area (Å²) in [5, 5.41) is 0. The van der Waals surface area contributed by atoms with E-state index in [1.807, 2.05) is 14.2 Å². The van der Waals surface area contributed by atoms with Crippen LogP contribution in [0.5, 0.6) is 0 Å². The molecule has 0 amide bonds. The van der Waals surface area contributed by atoms with Crippen molar-refractivity contribution >= 4 is 8.56 Å². The van der Waals surface area contributed by atoms with Crippen molar-refractivity contribution in [3.05, 3.63) is 11.1 Å². The Morgan fingerprint density at radius 1 is 1.18 bits per heavy atom. The minimum Gasteiger partial charge on any atom is -0.398 e. The van der Waals surface area contributed by atoms with Crippen LogP contribution in [0.15, 0.2) is 11.1 Å². The molecule has 98 valence electrons. The maximum Gasteiger partial charge on any atom is 0.337 e. The van der Waals surface area contributed by atoms with Gasteiger partial charge in [-0.15, -0.1) is 0 Å². The second-order valence-corrected chi connectivity index (χ2v) is 9.23. The second-order valence-electron chi connectivity index (χ2n) is 5.59. The molecule has 0 aromatic heterocycles. The molecule has 2 aliphatic carbocycles. The van der Waals surface area contributed by atoms with Gasteiger partial charge >= 0.3 is 8.56 Å². The summed E-state index contributed by atoms with van der Waals surface area (Å²) in [7, 11) is 1.80. The molecule has 0 radical (unpaired) electrons. The molecule has 1 fully saturated rings. The first-order valence-electron chi connectivity index (χ1n) is 7.03. The zero-order valence-corrected chi connectivity index (χ0v) is 12.6. The molecular formula is C14H26O2Si. The van der Waals surface area contributed by atoms with E-state index in [1.54, 1.807) is 11.1 Å². The molecule has 0 N–H and O–H groups in total. The number of hydrogen-bond donors (Lipinski definition) is 0. The van der Waals surface area contributed by atoms with Crippen molar-refractivity contribution in [3.8, 4) is 0 Å². The Balaban J connectivity index is 1.91. The highest BCUT2D eigenvalue weighted by Gasteiger charge is 2.36. The van der Waals surface area contributed by atoms with Crippen molar-refractivity contribution in [2.24, 2.45) is 5.92 Å². The summed E-state index contributed by atoms with van der Waals surface area (Å²) >= 11 is 0. The largest absolute Gasteiger partial charge is 0.398 e. The summed E-state index contributed by atoms with van der Waals surface area (Å²) in [6.45, 7) is 2.22. The van der Waals surface area contributed by atoms with Crippen molar-refractivity contribution < 1.29 is 8.85 Å². The van der Waals surface area contributed by atoms with Crippen LogP contribution in [0.1, 0.15) is 45.4 Å². The van der Waals surface area contributed by atoms with Gasteiger partial charge in [0.25, 0.3) is 0 Å². The zero-order valence-electron chi connectivity index (χ0n) is 11.6. The fraction of sp³-hybridized carbons (Fsp3) is 0.857. The lowest BCUT2D eigenvalue weighted by atomic mass is 9.98. The molecule has 0 aromatic carbocycles. The van der Waals surface area contributed by atoms with Crippen LogP contribution >= 0.6 is 0 Å². The van der Waals surface area contributed by atoms with Gasteiger partial charge in [0, 0.05) is 14.2 Å². The van der Waals surface area contributed by atoms with Gasteiger partial charge in [0.2, 0.25) is 0 Å². The van der Waals surface area contributed by atoms with Gasteiger partial charge in [0.05, 0.1) is 0 Å². The van der Waals surface area contributed by atoms with Gasteiger partial charge < -0.3 is 8.85 Å². The SMILES string of the molecule is CCC[Si](CCC1=C2CCC(C2)C1)(OC)OC. The maximum atomic E-state index is 5.76. The Hall–Kier alpha value is -0.123. The van der Waals surface area contributed by atoms with Crippen LogP contribution in [0.2, 0.25) is 12.1 Å². The first-order valence-corrected chi connectivity index (χ1v) is 9.26. The highest BCUT2D eigenvalue weighted by atomic mass is 28.4. The third kappa shape index (κ3) is 2.83. The van der Waals surface area contributed by atoms with E-state index in [0.717, 1.165) is 18.0 Å². The number of hydrogen-bond acceptors (Lipinski definition) is 2. The normalized spacial score (nSPS) is 23.8. The molecule has 1 unspecified atom stereocenters. The van der Waals surface area contributed by atoms with E-state index in [4.69, 9.17) is 8.85 Å². The fourth-order valence-corrected chi connectivity index (χ4v) is 6.21. The average Bonchev–Trinajstić information content (AvgIpc) is 2.97. The van der Waals surface area contributed by atoms with Gasteiger partial charge in [-0.05, 0) is 50.1 Å². The summed E-state index contributed by atoms with van der Waals surface area (Å²) in [5.74, 6) is 0.993. The van der Waals surface area contributed by atoms with Crippen molar-refractivity contribution in [2.45, 2.75) is 57.5 Å². The minimum absolute atomic E-state index is 0.993. The quantitative estimate of drug-likeness (QED) is 0.504. The van der Waals surface area contributed by atoms with E-state index in [1.165, 1.54) is 38.5 Å². The van der Waals surface area contributed by atoms with Crippen molar-refractivity contribution in [1.29, 1.82) is 0 Å². The predicted molar refractivity (Wildman–Crippen MR) is 73.3 cm³/mol.